The highest BCUT2D eigenvalue weighted by Gasteiger charge is 2.22. The van der Waals surface area contributed by atoms with Crippen LogP contribution in [0.5, 0.6) is 0 Å². The van der Waals surface area contributed by atoms with Crippen LogP contribution in [0.3, 0.4) is 0 Å². The number of rotatable bonds is 5. The van der Waals surface area contributed by atoms with Crippen molar-refractivity contribution in [3.63, 3.8) is 0 Å². The highest BCUT2D eigenvalue weighted by Crippen LogP contribution is 2.21. The van der Waals surface area contributed by atoms with Crippen LogP contribution in [0, 0.1) is 5.92 Å². The largest absolute Gasteiger partial charge is 0.465 e. The molecule has 1 N–H and O–H groups in total. The Hall–Kier alpha value is -0.820. The Balaban J connectivity index is 2.21. The fourth-order valence-corrected chi connectivity index (χ4v) is 2.48. The van der Waals surface area contributed by atoms with E-state index in [0.29, 0.717) is 25.4 Å². The predicted octanol–water partition coefficient (Wildman–Crippen LogP) is 1.13. The Kier molecular flexibility index (Phi) is 5.20. The summed E-state index contributed by atoms with van der Waals surface area (Å²) in [5.41, 5.74) is 0. The predicted molar refractivity (Wildman–Crippen MR) is 62.4 cm³/mol. The fourth-order valence-electron chi connectivity index (χ4n) is 2.06. The average Bonchev–Trinajstić information content (AvgIpc) is 2.23. The Morgan fingerprint density at radius 2 is 2.24 bits per heavy atom. The van der Waals surface area contributed by atoms with Crippen molar-refractivity contribution in [3.8, 4) is 0 Å². The maximum absolute atomic E-state index is 10.8. The van der Waals surface area contributed by atoms with Gasteiger partial charge in [0.05, 0.1) is 12.9 Å². The van der Waals surface area contributed by atoms with Gasteiger partial charge in [-0.1, -0.05) is 0 Å². The van der Waals surface area contributed by atoms with Gasteiger partial charge >= 0.3 is 6.09 Å². The van der Waals surface area contributed by atoms with Crippen molar-refractivity contribution in [2.45, 2.75) is 25.7 Å². The fraction of sp³-hybridized carbons (Fsp3) is 0.900. The van der Waals surface area contributed by atoms with Crippen LogP contribution in [0.4, 0.5) is 4.79 Å². The molecule has 1 heterocycles. The van der Waals surface area contributed by atoms with Crippen LogP contribution < -0.4 is 0 Å². The summed E-state index contributed by atoms with van der Waals surface area (Å²) in [4.78, 5) is 12.2. The van der Waals surface area contributed by atoms with Gasteiger partial charge in [-0.15, -0.1) is 0 Å². The Morgan fingerprint density at radius 3 is 2.82 bits per heavy atom. The molecule has 1 fully saturated rings. The summed E-state index contributed by atoms with van der Waals surface area (Å²) >= 11 is 0. The van der Waals surface area contributed by atoms with Gasteiger partial charge in [0.1, 0.15) is 0 Å². The molecule has 1 aliphatic heterocycles. The second kappa shape index (κ2) is 6.20. The smallest absolute Gasteiger partial charge is 0.407 e. The van der Waals surface area contributed by atoms with Crippen LogP contribution in [0.2, 0.25) is 0 Å². The van der Waals surface area contributed by atoms with Gasteiger partial charge in [-0.25, -0.2) is 4.79 Å². The second-order valence-corrected chi connectivity index (χ2v) is 6.05. The molecule has 0 aliphatic carbocycles. The highest BCUT2D eigenvalue weighted by atomic mass is 32.2. The third-order valence-electron chi connectivity index (χ3n) is 2.84. The molecule has 1 aliphatic rings. The van der Waals surface area contributed by atoms with Crippen molar-refractivity contribution in [2.75, 3.05) is 26.0 Å². The third kappa shape index (κ3) is 5.88. The van der Waals surface area contributed by atoms with Crippen molar-refractivity contribution in [1.29, 1.82) is 0 Å². The van der Waals surface area contributed by atoms with E-state index in [9.17, 15) is 13.2 Å². The minimum Gasteiger partial charge on any atom is -0.465 e. The molecule has 0 saturated carbocycles. The van der Waals surface area contributed by atoms with Crippen molar-refractivity contribution in [1.82, 2.24) is 4.90 Å². The number of carbonyl (C=O) groups is 1. The van der Waals surface area contributed by atoms with E-state index in [4.69, 9.17) is 5.11 Å². The van der Waals surface area contributed by atoms with Crippen LogP contribution in [0.15, 0.2) is 0 Å². The Labute approximate surface area is 102 Å². The summed E-state index contributed by atoms with van der Waals surface area (Å²) in [5.74, 6) is 0.322. The molecule has 100 valence electrons. The molecule has 1 atom stereocenters. The summed E-state index contributed by atoms with van der Waals surface area (Å²) in [5, 5.41) is 8.86. The molecule has 0 aromatic rings. The number of carboxylic acid groups (broad SMARTS) is 1. The first-order valence-corrected chi connectivity index (χ1v) is 7.52. The van der Waals surface area contributed by atoms with E-state index >= 15 is 0 Å². The first kappa shape index (κ1) is 14.2. The molecule has 1 amide bonds. The van der Waals surface area contributed by atoms with Gasteiger partial charge in [-0.3, -0.25) is 4.18 Å². The number of nitrogens with zero attached hydrogens (tertiary/aromatic N) is 1. The van der Waals surface area contributed by atoms with E-state index in [2.05, 4.69) is 4.18 Å². The van der Waals surface area contributed by atoms with Gasteiger partial charge in [0.2, 0.25) is 0 Å². The minimum absolute atomic E-state index is 0.183. The zero-order chi connectivity index (χ0) is 12.9. The molecule has 0 spiro atoms. The topological polar surface area (TPSA) is 83.9 Å². The van der Waals surface area contributed by atoms with E-state index in [1.807, 2.05) is 0 Å². The third-order valence-corrected chi connectivity index (χ3v) is 3.44. The molecule has 0 aromatic heterocycles. The van der Waals surface area contributed by atoms with Crippen LogP contribution in [-0.4, -0.2) is 50.5 Å². The average molecular weight is 265 g/mol. The van der Waals surface area contributed by atoms with Crippen molar-refractivity contribution in [2.24, 2.45) is 5.92 Å². The molecule has 1 unspecified atom stereocenters. The molecule has 6 nitrogen and oxygen atoms in total. The molecule has 7 heteroatoms. The van der Waals surface area contributed by atoms with E-state index in [1.54, 1.807) is 0 Å². The quantitative estimate of drug-likeness (QED) is 0.595. The number of likely N-dealkylation sites (tertiary alicyclic amines) is 1. The van der Waals surface area contributed by atoms with E-state index < -0.39 is 16.2 Å². The Bertz CT molecular complexity index is 354. The maximum Gasteiger partial charge on any atom is 0.407 e. The van der Waals surface area contributed by atoms with E-state index in [0.717, 1.165) is 25.5 Å². The van der Waals surface area contributed by atoms with E-state index in [-0.39, 0.29) is 6.61 Å². The molecule has 0 radical (unpaired) electrons. The van der Waals surface area contributed by atoms with Gasteiger partial charge in [0.15, 0.2) is 0 Å². The SMILES string of the molecule is CS(=O)(=O)OCCCC1CCCN(C(=O)O)C1. The van der Waals surface area contributed by atoms with Crippen LogP contribution in [0.1, 0.15) is 25.7 Å². The minimum atomic E-state index is -3.36. The Morgan fingerprint density at radius 1 is 1.53 bits per heavy atom. The summed E-state index contributed by atoms with van der Waals surface area (Å²) in [6.45, 7) is 1.34. The van der Waals surface area contributed by atoms with Gasteiger partial charge in [0.25, 0.3) is 10.1 Å². The van der Waals surface area contributed by atoms with Gasteiger partial charge in [0, 0.05) is 13.1 Å². The number of piperidine rings is 1. The molecule has 17 heavy (non-hydrogen) atoms. The van der Waals surface area contributed by atoms with E-state index in [1.165, 1.54) is 4.90 Å². The van der Waals surface area contributed by atoms with Crippen molar-refractivity contribution < 1.29 is 22.5 Å². The normalized spacial score (nSPS) is 21.5. The summed E-state index contributed by atoms with van der Waals surface area (Å²) in [7, 11) is -3.36. The first-order valence-electron chi connectivity index (χ1n) is 5.71. The molecule has 0 aromatic carbocycles. The van der Waals surface area contributed by atoms with Crippen LogP contribution in [-0.2, 0) is 14.3 Å². The lowest BCUT2D eigenvalue weighted by atomic mass is 9.94. The number of amides is 1. The van der Waals surface area contributed by atoms with Gasteiger partial charge in [-0.2, -0.15) is 8.42 Å². The molecular weight excluding hydrogens is 246 g/mol. The standard InChI is InChI=1S/C10H19NO5S/c1-17(14,15)16-7-3-5-9-4-2-6-11(8-9)10(12)13/h9H,2-8H2,1H3,(H,12,13). The lowest BCUT2D eigenvalue weighted by Gasteiger charge is -2.30. The summed E-state index contributed by atoms with van der Waals surface area (Å²) < 4.78 is 26.1. The summed E-state index contributed by atoms with van der Waals surface area (Å²) in [6.07, 6.45) is 3.48. The van der Waals surface area contributed by atoms with Gasteiger partial charge in [-0.05, 0) is 31.6 Å². The summed E-state index contributed by atoms with van der Waals surface area (Å²) in [6, 6.07) is 0. The monoisotopic (exact) mass is 265 g/mol. The highest BCUT2D eigenvalue weighted by molar-refractivity contribution is 7.85. The number of hydrogen-bond donors (Lipinski definition) is 1. The lowest BCUT2D eigenvalue weighted by Crippen LogP contribution is -2.39. The molecule has 1 saturated heterocycles. The van der Waals surface area contributed by atoms with Crippen molar-refractivity contribution in [3.05, 3.63) is 0 Å². The molecule has 0 bridgehead atoms. The lowest BCUT2D eigenvalue weighted by molar-refractivity contribution is 0.117. The second-order valence-electron chi connectivity index (χ2n) is 4.41. The maximum atomic E-state index is 10.8. The van der Waals surface area contributed by atoms with Crippen LogP contribution >= 0.6 is 0 Å². The van der Waals surface area contributed by atoms with Crippen molar-refractivity contribution >= 4 is 16.2 Å². The zero-order valence-corrected chi connectivity index (χ0v) is 10.8. The molecule has 1 rings (SSSR count). The van der Waals surface area contributed by atoms with Gasteiger partial charge < -0.3 is 10.0 Å². The first-order chi connectivity index (χ1) is 7.88. The number of hydrogen-bond acceptors (Lipinski definition) is 4. The molecular formula is C10H19NO5S. The zero-order valence-electron chi connectivity index (χ0n) is 9.96. The van der Waals surface area contributed by atoms with Crippen LogP contribution in [0.25, 0.3) is 0 Å².